The largest absolute Gasteiger partial charge is 0.389 e. The molecule has 2 amide bonds. The standard InChI is InChI=1S/C35H30F2N4O2/c36-30-14-11-26(17-28(30)20-38)22-40-32(16-13-24-7-3-1-4-8-24)34(42)33(19-25-9-5-2-6-10-25)41(35(40)43)23-27-12-15-31(37)29(18-27)21-39/h1-12,14-15,17-18,32-34,42H,13,16,19,22-23H2/t32-,33-,34-/m1/s1. The van der Waals surface area contributed by atoms with Gasteiger partial charge in [-0.05, 0) is 65.8 Å². The van der Waals surface area contributed by atoms with E-state index in [1.807, 2.05) is 72.8 Å². The van der Waals surface area contributed by atoms with Crippen LogP contribution in [0.3, 0.4) is 0 Å². The van der Waals surface area contributed by atoms with Gasteiger partial charge in [0.25, 0.3) is 0 Å². The Morgan fingerprint density at radius 3 is 1.67 bits per heavy atom. The molecule has 1 fully saturated rings. The number of amides is 2. The van der Waals surface area contributed by atoms with Crippen molar-refractivity contribution in [2.24, 2.45) is 0 Å². The molecule has 1 heterocycles. The van der Waals surface area contributed by atoms with Crippen LogP contribution in [-0.4, -0.2) is 39.1 Å². The average Bonchev–Trinajstić information content (AvgIpc) is 3.03. The van der Waals surface area contributed by atoms with Crippen LogP contribution in [0.2, 0.25) is 0 Å². The predicted molar refractivity (Wildman–Crippen MR) is 157 cm³/mol. The minimum Gasteiger partial charge on any atom is -0.389 e. The van der Waals surface area contributed by atoms with Gasteiger partial charge in [0.15, 0.2) is 0 Å². The molecule has 0 spiro atoms. The molecule has 0 saturated carbocycles. The van der Waals surface area contributed by atoms with Crippen LogP contribution in [0.25, 0.3) is 0 Å². The molecule has 4 aromatic rings. The van der Waals surface area contributed by atoms with Crippen molar-refractivity contribution >= 4 is 6.03 Å². The van der Waals surface area contributed by atoms with E-state index in [1.165, 1.54) is 36.4 Å². The summed E-state index contributed by atoms with van der Waals surface area (Å²) in [6.45, 7) is 0.0862. The van der Waals surface area contributed by atoms with Gasteiger partial charge in [0.05, 0.1) is 29.3 Å². The lowest BCUT2D eigenvalue weighted by atomic mass is 9.88. The van der Waals surface area contributed by atoms with Crippen molar-refractivity contribution in [2.45, 2.75) is 50.5 Å². The number of aliphatic hydroxyl groups is 1. The van der Waals surface area contributed by atoms with Crippen molar-refractivity contribution in [2.75, 3.05) is 0 Å². The molecule has 43 heavy (non-hydrogen) atoms. The molecule has 0 radical (unpaired) electrons. The van der Waals surface area contributed by atoms with Crippen LogP contribution >= 0.6 is 0 Å². The number of urea groups is 1. The van der Waals surface area contributed by atoms with Gasteiger partial charge in [-0.2, -0.15) is 10.5 Å². The first-order valence-corrected chi connectivity index (χ1v) is 14.1. The molecule has 0 bridgehead atoms. The van der Waals surface area contributed by atoms with E-state index < -0.39 is 29.8 Å². The summed E-state index contributed by atoms with van der Waals surface area (Å²) in [6, 6.07) is 29.8. The van der Waals surface area contributed by atoms with E-state index in [0.29, 0.717) is 30.4 Å². The van der Waals surface area contributed by atoms with E-state index in [9.17, 15) is 29.2 Å². The Balaban J connectivity index is 1.54. The van der Waals surface area contributed by atoms with Gasteiger partial charge in [0.2, 0.25) is 0 Å². The summed E-state index contributed by atoms with van der Waals surface area (Å²) in [5.74, 6) is -1.30. The second kappa shape index (κ2) is 13.3. The van der Waals surface area contributed by atoms with E-state index in [-0.39, 0.29) is 30.2 Å². The van der Waals surface area contributed by atoms with Crippen LogP contribution in [-0.2, 0) is 25.9 Å². The zero-order valence-corrected chi connectivity index (χ0v) is 23.4. The summed E-state index contributed by atoms with van der Waals surface area (Å²) in [5.41, 5.74) is 2.85. The Hall–Kier alpha value is -5.05. The fourth-order valence-electron chi connectivity index (χ4n) is 5.72. The number of aliphatic hydroxyl groups excluding tert-OH is 1. The van der Waals surface area contributed by atoms with E-state index in [1.54, 1.807) is 9.80 Å². The molecule has 1 aliphatic heterocycles. The van der Waals surface area contributed by atoms with Crippen molar-refractivity contribution in [3.63, 3.8) is 0 Å². The highest BCUT2D eigenvalue weighted by molar-refractivity contribution is 5.77. The molecule has 216 valence electrons. The second-order valence-corrected chi connectivity index (χ2v) is 10.7. The Bertz CT molecular complexity index is 1670. The minimum atomic E-state index is -0.978. The third-order valence-electron chi connectivity index (χ3n) is 7.95. The molecule has 0 aliphatic carbocycles. The average molecular weight is 577 g/mol. The molecule has 0 aromatic heterocycles. The van der Waals surface area contributed by atoms with Crippen molar-refractivity contribution in [3.8, 4) is 12.1 Å². The molecule has 6 nitrogen and oxygen atoms in total. The first-order valence-electron chi connectivity index (χ1n) is 14.1. The maximum atomic E-state index is 14.4. The summed E-state index contributed by atoms with van der Waals surface area (Å²) < 4.78 is 28.2. The van der Waals surface area contributed by atoms with Crippen molar-refractivity contribution in [3.05, 3.63) is 142 Å². The SMILES string of the molecule is N#Cc1cc(CN2C(=O)N(Cc3ccc(F)c(C#N)c3)[C@H](Cc3ccccc3)[C@H](O)[C@H]2CCc2ccccc2)ccc1F. The highest BCUT2D eigenvalue weighted by atomic mass is 19.1. The molecule has 1 saturated heterocycles. The Morgan fingerprint density at radius 2 is 1.16 bits per heavy atom. The number of carbonyl (C=O) groups excluding carboxylic acids is 1. The maximum absolute atomic E-state index is 14.4. The van der Waals surface area contributed by atoms with Gasteiger partial charge in [-0.25, -0.2) is 13.6 Å². The summed E-state index contributed by atoms with van der Waals surface area (Å²) in [7, 11) is 0. The Labute approximate surface area is 249 Å². The van der Waals surface area contributed by atoms with Crippen LogP contribution in [0.5, 0.6) is 0 Å². The number of halogens is 2. The minimum absolute atomic E-state index is 0.0388. The zero-order chi connectivity index (χ0) is 30.3. The van der Waals surface area contributed by atoms with Crippen LogP contribution in [0.1, 0.15) is 39.8 Å². The van der Waals surface area contributed by atoms with E-state index in [4.69, 9.17) is 0 Å². The lowest BCUT2D eigenvalue weighted by Crippen LogP contribution is -2.66. The van der Waals surface area contributed by atoms with Gasteiger partial charge in [0, 0.05) is 13.1 Å². The fourth-order valence-corrected chi connectivity index (χ4v) is 5.72. The number of benzene rings is 4. The third kappa shape index (κ3) is 6.72. The predicted octanol–water partition coefficient (Wildman–Crippen LogP) is 6.12. The van der Waals surface area contributed by atoms with E-state index >= 15 is 0 Å². The number of hydrogen-bond acceptors (Lipinski definition) is 4. The molecule has 5 rings (SSSR count). The molecular weight excluding hydrogens is 546 g/mol. The molecule has 1 aliphatic rings. The van der Waals surface area contributed by atoms with Crippen LogP contribution in [0.15, 0.2) is 97.1 Å². The number of rotatable bonds is 9. The van der Waals surface area contributed by atoms with Gasteiger partial charge in [0.1, 0.15) is 23.8 Å². The third-order valence-corrected chi connectivity index (χ3v) is 7.95. The molecule has 0 unspecified atom stereocenters. The maximum Gasteiger partial charge on any atom is 0.321 e. The fraction of sp³-hybridized carbons (Fsp3) is 0.229. The lowest BCUT2D eigenvalue weighted by molar-refractivity contribution is -0.0453. The smallest absolute Gasteiger partial charge is 0.321 e. The lowest BCUT2D eigenvalue weighted by Gasteiger charge is -2.49. The Morgan fingerprint density at radius 1 is 0.674 bits per heavy atom. The normalized spacial score (nSPS) is 18.3. The monoisotopic (exact) mass is 576 g/mol. The van der Waals surface area contributed by atoms with Crippen LogP contribution in [0, 0.1) is 34.3 Å². The summed E-state index contributed by atoms with van der Waals surface area (Å²) in [5, 5.41) is 30.8. The summed E-state index contributed by atoms with van der Waals surface area (Å²) >= 11 is 0. The van der Waals surface area contributed by atoms with Gasteiger partial charge >= 0.3 is 6.03 Å². The molecule has 8 heteroatoms. The molecule has 3 atom stereocenters. The van der Waals surface area contributed by atoms with Gasteiger partial charge in [-0.1, -0.05) is 72.8 Å². The van der Waals surface area contributed by atoms with Gasteiger partial charge in [-0.15, -0.1) is 0 Å². The zero-order valence-electron chi connectivity index (χ0n) is 23.4. The summed E-state index contributed by atoms with van der Waals surface area (Å²) in [4.78, 5) is 17.6. The quantitative estimate of drug-likeness (QED) is 0.260. The van der Waals surface area contributed by atoms with Crippen molar-refractivity contribution < 1.29 is 18.7 Å². The highest BCUT2D eigenvalue weighted by Crippen LogP contribution is 2.31. The molecule has 1 N–H and O–H groups in total. The highest BCUT2D eigenvalue weighted by Gasteiger charge is 2.45. The number of nitriles is 2. The number of aryl methyl sites for hydroxylation is 1. The van der Waals surface area contributed by atoms with Crippen molar-refractivity contribution in [1.29, 1.82) is 10.5 Å². The topological polar surface area (TPSA) is 91.4 Å². The summed E-state index contributed by atoms with van der Waals surface area (Å²) in [6.07, 6.45) is 0.483. The Kier molecular flexibility index (Phi) is 9.10. The van der Waals surface area contributed by atoms with E-state index in [2.05, 4.69) is 0 Å². The first kappa shape index (κ1) is 29.4. The number of hydrogen-bond donors (Lipinski definition) is 1. The van der Waals surface area contributed by atoms with Gasteiger partial charge < -0.3 is 14.9 Å². The molecular formula is C35H30F2N4O2. The molecule has 4 aromatic carbocycles. The number of nitrogens with zero attached hydrogens (tertiary/aromatic N) is 4. The van der Waals surface area contributed by atoms with Gasteiger partial charge in [-0.3, -0.25) is 0 Å². The van der Waals surface area contributed by atoms with E-state index in [0.717, 1.165) is 11.1 Å². The second-order valence-electron chi connectivity index (χ2n) is 10.7. The van der Waals surface area contributed by atoms with Crippen LogP contribution < -0.4 is 0 Å². The van der Waals surface area contributed by atoms with Crippen LogP contribution in [0.4, 0.5) is 13.6 Å². The number of carbonyl (C=O) groups is 1. The first-order chi connectivity index (χ1) is 20.9. The van der Waals surface area contributed by atoms with Crippen molar-refractivity contribution in [1.82, 2.24) is 9.80 Å².